The van der Waals surface area contributed by atoms with Gasteiger partial charge in [0.15, 0.2) is 0 Å². The Hall–Kier alpha value is -0.330. The molecule has 0 saturated carbocycles. The Morgan fingerprint density at radius 2 is 1.75 bits per heavy atom. The Labute approximate surface area is 43.3 Å². The number of hydrogen-bond donors (Lipinski definition) is 2. The number of alkyl halides is 3. The topological polar surface area (TPSA) is 61.3 Å². The Morgan fingerprint density at radius 3 is 1.75 bits per heavy atom. The highest BCUT2D eigenvalue weighted by molar-refractivity contribution is 4.55. The molecule has 4 N–H and O–H groups in total. The zero-order chi connectivity index (χ0) is 6.78. The van der Waals surface area contributed by atoms with Gasteiger partial charge < -0.3 is 0 Å². The fraction of sp³-hybridized carbons (Fsp3) is 1.00. The van der Waals surface area contributed by atoms with E-state index in [-0.39, 0.29) is 0 Å². The molecule has 0 aliphatic heterocycles. The lowest BCUT2D eigenvalue weighted by Gasteiger charge is -2.11. The van der Waals surface area contributed by atoms with Crippen molar-refractivity contribution in [1.29, 1.82) is 0 Å². The lowest BCUT2D eigenvalue weighted by molar-refractivity contribution is -0.219. The smallest absolute Gasteiger partial charge is 0.297 e. The Kier molecular flexibility index (Phi) is 2.20. The summed E-state index contributed by atoms with van der Waals surface area (Å²) in [6.45, 7) is 0. The van der Waals surface area contributed by atoms with Gasteiger partial charge in [-0.05, 0) is 0 Å². The lowest BCUT2D eigenvalue weighted by atomic mass is 10.6. The van der Waals surface area contributed by atoms with E-state index in [4.69, 9.17) is 0 Å². The van der Waals surface area contributed by atoms with Crippen LogP contribution in [0.25, 0.3) is 0 Å². The maximum Gasteiger partial charge on any atom is 0.429 e. The molecule has 0 radical (unpaired) electrons. The van der Waals surface area contributed by atoms with Crippen molar-refractivity contribution in [2.75, 3.05) is 0 Å². The molecule has 0 saturated heterocycles. The summed E-state index contributed by atoms with van der Waals surface area (Å²) in [5, 5.41) is 0. The molecular weight excluding hydrogens is 125 g/mol. The first-order valence-corrected chi connectivity index (χ1v) is 1.66. The quantitative estimate of drug-likeness (QED) is 0.379. The van der Waals surface area contributed by atoms with Gasteiger partial charge in [-0.25, -0.2) is 5.90 Å². The van der Waals surface area contributed by atoms with E-state index in [1.165, 1.54) is 0 Å². The molecule has 0 amide bonds. The van der Waals surface area contributed by atoms with Crippen LogP contribution in [-0.2, 0) is 4.84 Å². The van der Waals surface area contributed by atoms with E-state index in [9.17, 15) is 13.2 Å². The molecule has 1 unspecified atom stereocenters. The van der Waals surface area contributed by atoms with Gasteiger partial charge in [-0.2, -0.15) is 13.2 Å². The Balaban J connectivity index is 3.62. The first kappa shape index (κ1) is 7.67. The van der Waals surface area contributed by atoms with Gasteiger partial charge in [0.05, 0.1) is 0 Å². The van der Waals surface area contributed by atoms with Crippen LogP contribution in [0, 0.1) is 0 Å². The van der Waals surface area contributed by atoms with Gasteiger partial charge in [-0.1, -0.05) is 0 Å². The van der Waals surface area contributed by atoms with E-state index in [2.05, 4.69) is 16.5 Å². The van der Waals surface area contributed by atoms with Crippen LogP contribution in [0.1, 0.15) is 0 Å². The fourth-order valence-electron chi connectivity index (χ4n) is 0.0772. The molecule has 0 bridgehead atoms. The zero-order valence-corrected chi connectivity index (χ0v) is 3.77. The largest absolute Gasteiger partial charge is 0.429 e. The minimum Gasteiger partial charge on any atom is -0.297 e. The minimum absolute atomic E-state index is 2.37. The van der Waals surface area contributed by atoms with E-state index in [1.807, 2.05) is 0 Å². The minimum atomic E-state index is -4.56. The van der Waals surface area contributed by atoms with Crippen LogP contribution in [0.3, 0.4) is 0 Å². The van der Waals surface area contributed by atoms with Crippen LogP contribution < -0.4 is 11.6 Å². The van der Waals surface area contributed by atoms with E-state index >= 15 is 0 Å². The fourth-order valence-corrected chi connectivity index (χ4v) is 0.0772. The summed E-state index contributed by atoms with van der Waals surface area (Å²) in [6, 6.07) is 0. The second-order valence-electron chi connectivity index (χ2n) is 1.10. The van der Waals surface area contributed by atoms with Gasteiger partial charge in [-0.15, -0.1) is 0 Å². The van der Waals surface area contributed by atoms with Crippen molar-refractivity contribution in [3.8, 4) is 0 Å². The van der Waals surface area contributed by atoms with Gasteiger partial charge in [0.25, 0.3) is 0 Å². The highest BCUT2D eigenvalue weighted by Gasteiger charge is 2.37. The number of halogens is 3. The average Bonchev–Trinajstić information content (AvgIpc) is 1.62. The van der Waals surface area contributed by atoms with Crippen molar-refractivity contribution in [2.45, 2.75) is 12.4 Å². The molecule has 1 atom stereocenters. The molecular formula is C2H5F3N2O. The molecule has 6 heteroatoms. The SMILES string of the molecule is NOC(N)C(F)(F)F. The Bertz CT molecular complexity index is 72.2. The van der Waals surface area contributed by atoms with Crippen molar-refractivity contribution in [1.82, 2.24) is 0 Å². The summed E-state index contributed by atoms with van der Waals surface area (Å²) < 4.78 is 33.4. The second kappa shape index (κ2) is 2.29. The van der Waals surface area contributed by atoms with Crippen molar-refractivity contribution < 1.29 is 18.0 Å². The van der Waals surface area contributed by atoms with Crippen LogP contribution in [0.15, 0.2) is 0 Å². The molecule has 0 fully saturated rings. The molecule has 0 aliphatic carbocycles. The van der Waals surface area contributed by atoms with Crippen LogP contribution in [0.2, 0.25) is 0 Å². The third-order valence-corrected chi connectivity index (χ3v) is 0.469. The van der Waals surface area contributed by atoms with Crippen molar-refractivity contribution >= 4 is 0 Å². The molecule has 0 heterocycles. The van der Waals surface area contributed by atoms with Gasteiger partial charge in [0.2, 0.25) is 6.23 Å². The average molecular weight is 130 g/mol. The molecule has 0 aromatic heterocycles. The summed E-state index contributed by atoms with van der Waals surface area (Å²) in [5.41, 5.74) is 4.28. The summed E-state index contributed by atoms with van der Waals surface area (Å²) >= 11 is 0. The van der Waals surface area contributed by atoms with Crippen LogP contribution >= 0.6 is 0 Å². The monoisotopic (exact) mass is 130 g/mol. The Morgan fingerprint density at radius 1 is 1.38 bits per heavy atom. The number of nitrogens with two attached hydrogens (primary N) is 2. The lowest BCUT2D eigenvalue weighted by Crippen LogP contribution is -2.41. The summed E-state index contributed by atoms with van der Waals surface area (Å²) in [4.78, 5) is 3.27. The molecule has 0 aliphatic rings. The van der Waals surface area contributed by atoms with Crippen LogP contribution in [0.4, 0.5) is 13.2 Å². The summed E-state index contributed by atoms with van der Waals surface area (Å²) in [6.07, 6.45) is -6.93. The van der Waals surface area contributed by atoms with Gasteiger partial charge in [-0.3, -0.25) is 10.6 Å². The third-order valence-electron chi connectivity index (χ3n) is 0.469. The van der Waals surface area contributed by atoms with Gasteiger partial charge in [0.1, 0.15) is 0 Å². The third kappa shape index (κ3) is 2.10. The standard InChI is InChI=1S/C2H5F3N2O/c3-2(4,5)1(6)8-7/h1H,6-7H2. The van der Waals surface area contributed by atoms with Crippen molar-refractivity contribution in [2.24, 2.45) is 11.6 Å². The molecule has 0 aromatic carbocycles. The predicted molar refractivity (Wildman–Crippen MR) is 19.3 cm³/mol. The van der Waals surface area contributed by atoms with Crippen LogP contribution in [0.5, 0.6) is 0 Å². The van der Waals surface area contributed by atoms with Crippen molar-refractivity contribution in [3.63, 3.8) is 0 Å². The normalized spacial score (nSPS) is 16.1. The molecule has 0 spiro atoms. The highest BCUT2D eigenvalue weighted by atomic mass is 19.4. The highest BCUT2D eigenvalue weighted by Crippen LogP contribution is 2.17. The molecule has 8 heavy (non-hydrogen) atoms. The van der Waals surface area contributed by atoms with E-state index in [0.717, 1.165) is 0 Å². The maximum absolute atomic E-state index is 11.1. The molecule has 3 nitrogen and oxygen atoms in total. The van der Waals surface area contributed by atoms with E-state index in [1.54, 1.807) is 0 Å². The van der Waals surface area contributed by atoms with Gasteiger partial charge in [0, 0.05) is 0 Å². The summed E-state index contributed by atoms with van der Waals surface area (Å²) in [7, 11) is 0. The second-order valence-corrected chi connectivity index (χ2v) is 1.10. The predicted octanol–water partition coefficient (Wildman–Crippen LogP) is -0.276. The first-order valence-electron chi connectivity index (χ1n) is 1.66. The number of rotatable bonds is 1. The summed E-state index contributed by atoms with van der Waals surface area (Å²) in [5.74, 6) is 4.11. The zero-order valence-electron chi connectivity index (χ0n) is 3.77. The molecule has 50 valence electrons. The van der Waals surface area contributed by atoms with Gasteiger partial charge >= 0.3 is 6.18 Å². The molecule has 0 rings (SSSR count). The first-order chi connectivity index (χ1) is 3.48. The number of hydrogen-bond acceptors (Lipinski definition) is 3. The maximum atomic E-state index is 11.1. The van der Waals surface area contributed by atoms with Crippen molar-refractivity contribution in [3.05, 3.63) is 0 Å². The van der Waals surface area contributed by atoms with E-state index < -0.39 is 12.4 Å². The molecule has 0 aromatic rings. The van der Waals surface area contributed by atoms with E-state index in [0.29, 0.717) is 0 Å². The van der Waals surface area contributed by atoms with Crippen LogP contribution in [-0.4, -0.2) is 12.4 Å².